The van der Waals surface area contributed by atoms with Gasteiger partial charge in [-0.3, -0.25) is 4.79 Å². The summed E-state index contributed by atoms with van der Waals surface area (Å²) in [7, 11) is 3.13. The Hall–Kier alpha value is -2.53. The van der Waals surface area contributed by atoms with Crippen molar-refractivity contribution in [2.45, 2.75) is 0 Å². The second-order valence-electron chi connectivity index (χ2n) is 4.29. The first-order valence-electron chi connectivity index (χ1n) is 6.45. The Morgan fingerprint density at radius 2 is 1.95 bits per heavy atom. The molecule has 2 aromatic carbocycles. The molecule has 6 heteroatoms. The second kappa shape index (κ2) is 7.47. The molecule has 1 amide bonds. The van der Waals surface area contributed by atoms with Crippen molar-refractivity contribution in [1.29, 1.82) is 0 Å². The van der Waals surface area contributed by atoms with Crippen molar-refractivity contribution >= 4 is 23.7 Å². The van der Waals surface area contributed by atoms with Gasteiger partial charge in [-0.1, -0.05) is 23.7 Å². The van der Waals surface area contributed by atoms with E-state index in [9.17, 15) is 4.79 Å². The standard InChI is InChI=1S/C16H15ClN2O3/c1-21-12-7-8-15(22-2)11(9-12)10-18-19-16(20)13-5-3-4-6-14(13)17/h3-10H,1-2H3,(H,19,20)/b18-10+. The molecule has 0 unspecified atom stereocenters. The van der Waals surface area contributed by atoms with Crippen LogP contribution in [0.4, 0.5) is 0 Å². The molecule has 22 heavy (non-hydrogen) atoms. The zero-order valence-electron chi connectivity index (χ0n) is 12.2. The topological polar surface area (TPSA) is 59.9 Å². The summed E-state index contributed by atoms with van der Waals surface area (Å²) < 4.78 is 10.4. The van der Waals surface area contributed by atoms with Gasteiger partial charge in [0.1, 0.15) is 11.5 Å². The van der Waals surface area contributed by atoms with Gasteiger partial charge in [-0.05, 0) is 30.3 Å². The number of nitrogens with one attached hydrogen (secondary N) is 1. The van der Waals surface area contributed by atoms with Gasteiger partial charge in [0.05, 0.1) is 31.0 Å². The lowest BCUT2D eigenvalue weighted by Crippen LogP contribution is -2.18. The van der Waals surface area contributed by atoms with Gasteiger partial charge in [-0.2, -0.15) is 5.10 Å². The summed E-state index contributed by atoms with van der Waals surface area (Å²) in [5, 5.41) is 4.29. The first kappa shape index (κ1) is 15.9. The first-order chi connectivity index (χ1) is 10.7. The molecule has 5 nitrogen and oxygen atoms in total. The van der Waals surface area contributed by atoms with Gasteiger partial charge in [-0.15, -0.1) is 0 Å². The molecule has 0 aliphatic rings. The van der Waals surface area contributed by atoms with Gasteiger partial charge in [0.2, 0.25) is 0 Å². The van der Waals surface area contributed by atoms with Crippen LogP contribution in [0, 0.1) is 0 Å². The Kier molecular flexibility index (Phi) is 5.38. The summed E-state index contributed by atoms with van der Waals surface area (Å²) in [6, 6.07) is 12.0. The molecule has 2 rings (SSSR count). The fourth-order valence-electron chi connectivity index (χ4n) is 1.81. The van der Waals surface area contributed by atoms with Gasteiger partial charge in [0, 0.05) is 5.56 Å². The monoisotopic (exact) mass is 318 g/mol. The third-order valence-corrected chi connectivity index (χ3v) is 3.25. The van der Waals surface area contributed by atoms with Crippen molar-refractivity contribution in [3.05, 3.63) is 58.6 Å². The zero-order chi connectivity index (χ0) is 15.9. The molecular weight excluding hydrogens is 304 g/mol. The molecule has 0 aromatic heterocycles. The summed E-state index contributed by atoms with van der Waals surface area (Å²) in [5.41, 5.74) is 3.47. The minimum absolute atomic E-state index is 0.360. The van der Waals surface area contributed by atoms with Gasteiger partial charge >= 0.3 is 0 Å². The average molecular weight is 319 g/mol. The lowest BCUT2D eigenvalue weighted by atomic mass is 10.2. The molecule has 0 saturated carbocycles. The van der Waals surface area contributed by atoms with Gasteiger partial charge in [0.25, 0.3) is 5.91 Å². The third-order valence-electron chi connectivity index (χ3n) is 2.93. The van der Waals surface area contributed by atoms with E-state index in [0.29, 0.717) is 27.6 Å². The van der Waals surface area contributed by atoms with Crippen LogP contribution in [0.25, 0.3) is 0 Å². The maximum Gasteiger partial charge on any atom is 0.272 e. The van der Waals surface area contributed by atoms with E-state index in [-0.39, 0.29) is 5.91 Å². The minimum atomic E-state index is -0.385. The highest BCUT2D eigenvalue weighted by molar-refractivity contribution is 6.33. The van der Waals surface area contributed by atoms with Crippen molar-refractivity contribution in [1.82, 2.24) is 5.43 Å². The van der Waals surface area contributed by atoms with E-state index in [1.165, 1.54) is 6.21 Å². The number of nitrogens with zero attached hydrogens (tertiary/aromatic N) is 1. The number of amides is 1. The van der Waals surface area contributed by atoms with E-state index in [0.717, 1.165) is 0 Å². The molecule has 0 saturated heterocycles. The first-order valence-corrected chi connectivity index (χ1v) is 6.83. The Morgan fingerprint density at radius 3 is 2.64 bits per heavy atom. The predicted octanol–water partition coefficient (Wildman–Crippen LogP) is 3.12. The van der Waals surface area contributed by atoms with Crippen LogP contribution < -0.4 is 14.9 Å². The molecule has 0 radical (unpaired) electrons. The van der Waals surface area contributed by atoms with E-state index in [1.54, 1.807) is 56.7 Å². The van der Waals surface area contributed by atoms with Crippen molar-refractivity contribution in [2.75, 3.05) is 14.2 Å². The number of hydrazone groups is 1. The number of methoxy groups -OCH3 is 2. The highest BCUT2D eigenvalue weighted by Gasteiger charge is 2.08. The van der Waals surface area contributed by atoms with Gasteiger partial charge in [-0.25, -0.2) is 5.43 Å². The largest absolute Gasteiger partial charge is 0.497 e. The Balaban J connectivity index is 2.12. The smallest absolute Gasteiger partial charge is 0.272 e. The van der Waals surface area contributed by atoms with Gasteiger partial charge in [0.15, 0.2) is 0 Å². The molecule has 1 N–H and O–H groups in total. The maximum atomic E-state index is 12.0. The van der Waals surface area contributed by atoms with Crippen LogP contribution in [0.2, 0.25) is 5.02 Å². The molecule has 0 aliphatic heterocycles. The molecule has 0 aliphatic carbocycles. The van der Waals surface area contributed by atoms with Crippen LogP contribution >= 0.6 is 11.6 Å². The summed E-state index contributed by atoms with van der Waals surface area (Å²) in [5.74, 6) is 0.903. The molecule has 114 valence electrons. The van der Waals surface area contributed by atoms with Gasteiger partial charge < -0.3 is 9.47 Å². The zero-order valence-corrected chi connectivity index (χ0v) is 12.9. The summed E-state index contributed by atoms with van der Waals surface area (Å²) in [6.45, 7) is 0. The number of hydrogen-bond acceptors (Lipinski definition) is 4. The quantitative estimate of drug-likeness (QED) is 0.680. The lowest BCUT2D eigenvalue weighted by Gasteiger charge is -2.07. The summed E-state index contributed by atoms with van der Waals surface area (Å²) in [4.78, 5) is 12.0. The fourth-order valence-corrected chi connectivity index (χ4v) is 2.03. The Labute approximate surface area is 133 Å². The number of halogens is 1. The average Bonchev–Trinajstić information content (AvgIpc) is 2.55. The number of carbonyl (C=O) groups is 1. The third kappa shape index (κ3) is 3.77. The maximum absolute atomic E-state index is 12.0. The van der Waals surface area contributed by atoms with Crippen LogP contribution in [0.3, 0.4) is 0 Å². The van der Waals surface area contributed by atoms with Crippen LogP contribution in [0.5, 0.6) is 11.5 Å². The van der Waals surface area contributed by atoms with Crippen molar-refractivity contribution < 1.29 is 14.3 Å². The number of ether oxygens (including phenoxy) is 2. The highest BCUT2D eigenvalue weighted by Crippen LogP contribution is 2.22. The summed E-state index contributed by atoms with van der Waals surface area (Å²) in [6.07, 6.45) is 1.48. The van der Waals surface area contributed by atoms with Crippen molar-refractivity contribution in [3.8, 4) is 11.5 Å². The van der Waals surface area contributed by atoms with Crippen LogP contribution in [0.1, 0.15) is 15.9 Å². The van der Waals surface area contributed by atoms with Crippen molar-refractivity contribution in [2.24, 2.45) is 5.10 Å². The van der Waals surface area contributed by atoms with E-state index in [4.69, 9.17) is 21.1 Å². The highest BCUT2D eigenvalue weighted by atomic mass is 35.5. The normalized spacial score (nSPS) is 10.5. The predicted molar refractivity (Wildman–Crippen MR) is 86.1 cm³/mol. The number of benzene rings is 2. The van der Waals surface area contributed by atoms with Crippen LogP contribution in [-0.2, 0) is 0 Å². The Bertz CT molecular complexity index is 702. The van der Waals surface area contributed by atoms with E-state index in [1.807, 2.05) is 0 Å². The number of rotatable bonds is 5. The minimum Gasteiger partial charge on any atom is -0.497 e. The summed E-state index contributed by atoms with van der Waals surface area (Å²) >= 11 is 5.95. The Morgan fingerprint density at radius 1 is 1.18 bits per heavy atom. The molecule has 0 heterocycles. The molecule has 0 bridgehead atoms. The molecular formula is C16H15ClN2O3. The van der Waals surface area contributed by atoms with E-state index < -0.39 is 0 Å². The van der Waals surface area contributed by atoms with E-state index in [2.05, 4.69) is 10.5 Å². The van der Waals surface area contributed by atoms with Crippen LogP contribution in [0.15, 0.2) is 47.6 Å². The number of hydrogen-bond donors (Lipinski definition) is 1. The fraction of sp³-hybridized carbons (Fsp3) is 0.125. The molecule has 0 fully saturated rings. The molecule has 0 atom stereocenters. The molecule has 0 spiro atoms. The lowest BCUT2D eigenvalue weighted by molar-refractivity contribution is 0.0955. The van der Waals surface area contributed by atoms with E-state index >= 15 is 0 Å². The van der Waals surface area contributed by atoms with Crippen LogP contribution in [-0.4, -0.2) is 26.3 Å². The molecule has 2 aromatic rings. The second-order valence-corrected chi connectivity index (χ2v) is 4.69. The van der Waals surface area contributed by atoms with Crippen molar-refractivity contribution in [3.63, 3.8) is 0 Å². The SMILES string of the molecule is COc1ccc(OC)c(/C=N/NC(=O)c2ccccc2Cl)c1. The number of carbonyl (C=O) groups excluding carboxylic acids is 1.